The number of carbonyl (C=O) groups is 2. The number of hydrogen-bond donors (Lipinski definition) is 3. The van der Waals surface area contributed by atoms with E-state index in [0.717, 1.165) is 6.07 Å². The Hall–Kier alpha value is -1.95. The van der Waals surface area contributed by atoms with Crippen LogP contribution in [0, 0.1) is 11.2 Å². The molecule has 0 saturated heterocycles. The maximum absolute atomic E-state index is 13.8. The van der Waals surface area contributed by atoms with Crippen LogP contribution in [0.3, 0.4) is 0 Å². The quantitative estimate of drug-likeness (QED) is 0.746. The SMILES string of the molecule is CCC(CC)(CN)C(=O)Nc1ccc(C(=O)O)cc1F. The average Bonchev–Trinajstić information content (AvgIpc) is 2.43. The standard InChI is InChI=1S/C14H19FN2O3/c1-3-14(4-2,8-16)13(20)17-11-6-5-9(12(18)19)7-10(11)15/h5-7H,3-4,8,16H2,1-2H3,(H,17,20)(H,18,19). The third-order valence-corrected chi connectivity index (χ3v) is 3.69. The zero-order chi connectivity index (χ0) is 15.3. The molecule has 6 heteroatoms. The number of nitrogens with two attached hydrogens (primary N) is 1. The number of halogens is 1. The lowest BCUT2D eigenvalue weighted by atomic mass is 9.81. The van der Waals surface area contributed by atoms with Gasteiger partial charge in [0.25, 0.3) is 0 Å². The lowest BCUT2D eigenvalue weighted by Gasteiger charge is -2.28. The van der Waals surface area contributed by atoms with Crippen LogP contribution in [-0.4, -0.2) is 23.5 Å². The summed E-state index contributed by atoms with van der Waals surface area (Å²) in [7, 11) is 0. The van der Waals surface area contributed by atoms with Gasteiger partial charge in [0.05, 0.1) is 16.7 Å². The molecule has 0 aromatic heterocycles. The first-order chi connectivity index (χ1) is 9.40. The fourth-order valence-corrected chi connectivity index (χ4v) is 1.96. The first kappa shape index (κ1) is 16.1. The molecule has 0 spiro atoms. The van der Waals surface area contributed by atoms with E-state index in [0.29, 0.717) is 12.8 Å². The van der Waals surface area contributed by atoms with Crippen LogP contribution in [-0.2, 0) is 4.79 Å². The van der Waals surface area contributed by atoms with Gasteiger partial charge < -0.3 is 16.2 Å². The monoisotopic (exact) mass is 282 g/mol. The van der Waals surface area contributed by atoms with Gasteiger partial charge in [-0.15, -0.1) is 0 Å². The van der Waals surface area contributed by atoms with Gasteiger partial charge in [0, 0.05) is 6.54 Å². The number of carboxylic acid groups (broad SMARTS) is 1. The number of amides is 1. The minimum absolute atomic E-state index is 0.0419. The number of hydrogen-bond acceptors (Lipinski definition) is 3. The highest BCUT2D eigenvalue weighted by Gasteiger charge is 2.33. The van der Waals surface area contributed by atoms with Crippen LogP contribution in [0.1, 0.15) is 37.0 Å². The van der Waals surface area contributed by atoms with Crippen molar-refractivity contribution in [2.75, 3.05) is 11.9 Å². The lowest BCUT2D eigenvalue weighted by Crippen LogP contribution is -2.41. The van der Waals surface area contributed by atoms with E-state index in [1.54, 1.807) is 0 Å². The summed E-state index contributed by atoms with van der Waals surface area (Å²) in [6.07, 6.45) is 1.08. The van der Waals surface area contributed by atoms with Crippen molar-refractivity contribution < 1.29 is 19.1 Å². The Bertz CT molecular complexity index is 505. The predicted molar refractivity (Wildman–Crippen MR) is 74.1 cm³/mol. The van der Waals surface area contributed by atoms with E-state index in [1.165, 1.54) is 12.1 Å². The Morgan fingerprint density at radius 3 is 2.35 bits per heavy atom. The second-order valence-corrected chi connectivity index (χ2v) is 4.65. The first-order valence-corrected chi connectivity index (χ1v) is 6.44. The summed E-state index contributed by atoms with van der Waals surface area (Å²) in [5.74, 6) is -2.36. The summed E-state index contributed by atoms with van der Waals surface area (Å²) in [4.78, 5) is 22.9. The van der Waals surface area contributed by atoms with Gasteiger partial charge >= 0.3 is 5.97 Å². The van der Waals surface area contributed by atoms with Crippen LogP contribution in [0.2, 0.25) is 0 Å². The van der Waals surface area contributed by atoms with Crippen molar-refractivity contribution in [3.63, 3.8) is 0 Å². The van der Waals surface area contributed by atoms with Gasteiger partial charge in [-0.05, 0) is 31.0 Å². The van der Waals surface area contributed by atoms with Crippen molar-refractivity contribution >= 4 is 17.6 Å². The molecular formula is C14H19FN2O3. The van der Waals surface area contributed by atoms with E-state index in [4.69, 9.17) is 10.8 Å². The molecule has 20 heavy (non-hydrogen) atoms. The molecule has 0 aliphatic rings. The van der Waals surface area contributed by atoms with Gasteiger partial charge in [-0.1, -0.05) is 13.8 Å². The Kier molecular flexibility index (Phi) is 5.21. The second kappa shape index (κ2) is 6.47. The Morgan fingerprint density at radius 1 is 1.35 bits per heavy atom. The molecule has 0 heterocycles. The molecule has 110 valence electrons. The van der Waals surface area contributed by atoms with Crippen LogP contribution < -0.4 is 11.1 Å². The average molecular weight is 282 g/mol. The molecule has 0 bridgehead atoms. The smallest absolute Gasteiger partial charge is 0.335 e. The van der Waals surface area contributed by atoms with Crippen LogP contribution in [0.5, 0.6) is 0 Å². The molecular weight excluding hydrogens is 263 g/mol. The van der Waals surface area contributed by atoms with E-state index < -0.39 is 17.2 Å². The number of rotatable bonds is 6. The Morgan fingerprint density at radius 2 is 1.95 bits per heavy atom. The van der Waals surface area contributed by atoms with Crippen molar-refractivity contribution in [1.29, 1.82) is 0 Å². The molecule has 1 rings (SSSR count). The summed E-state index contributed by atoms with van der Waals surface area (Å²) in [6, 6.07) is 3.35. The minimum Gasteiger partial charge on any atom is -0.478 e. The second-order valence-electron chi connectivity index (χ2n) is 4.65. The van der Waals surface area contributed by atoms with Gasteiger partial charge in [0.15, 0.2) is 0 Å². The number of carboxylic acids is 1. The maximum Gasteiger partial charge on any atom is 0.335 e. The molecule has 5 nitrogen and oxygen atoms in total. The largest absolute Gasteiger partial charge is 0.478 e. The van der Waals surface area contributed by atoms with E-state index in [2.05, 4.69) is 5.32 Å². The molecule has 0 unspecified atom stereocenters. The number of anilines is 1. The van der Waals surface area contributed by atoms with Gasteiger partial charge in [0.2, 0.25) is 5.91 Å². The number of nitrogens with one attached hydrogen (secondary N) is 1. The molecule has 4 N–H and O–H groups in total. The molecule has 1 aromatic carbocycles. The van der Waals surface area contributed by atoms with Crippen molar-refractivity contribution in [1.82, 2.24) is 0 Å². The summed E-state index contributed by atoms with van der Waals surface area (Å²) in [5, 5.41) is 11.2. The molecule has 0 fully saturated rings. The van der Waals surface area contributed by atoms with E-state index in [9.17, 15) is 14.0 Å². The zero-order valence-corrected chi connectivity index (χ0v) is 11.6. The third kappa shape index (κ3) is 3.14. The molecule has 0 atom stereocenters. The molecule has 1 aromatic rings. The van der Waals surface area contributed by atoms with Crippen molar-refractivity contribution in [2.45, 2.75) is 26.7 Å². The topological polar surface area (TPSA) is 92.4 Å². The Balaban J connectivity index is 2.99. The minimum atomic E-state index is -1.22. The normalized spacial score (nSPS) is 11.2. The third-order valence-electron chi connectivity index (χ3n) is 3.69. The number of aromatic carboxylic acids is 1. The summed E-state index contributed by atoms with van der Waals surface area (Å²) < 4.78 is 13.8. The van der Waals surface area contributed by atoms with Gasteiger partial charge in [-0.25, -0.2) is 9.18 Å². The molecule has 1 amide bonds. The van der Waals surface area contributed by atoms with Crippen LogP contribution >= 0.6 is 0 Å². The van der Waals surface area contributed by atoms with Crippen LogP contribution in [0.4, 0.5) is 10.1 Å². The Labute approximate surface area is 117 Å². The molecule has 0 aliphatic carbocycles. The summed E-state index contributed by atoms with van der Waals surface area (Å²) in [6.45, 7) is 3.86. The first-order valence-electron chi connectivity index (χ1n) is 6.44. The zero-order valence-electron chi connectivity index (χ0n) is 11.6. The number of carbonyl (C=O) groups excluding carboxylic acids is 1. The molecule has 0 aliphatic heterocycles. The fourth-order valence-electron chi connectivity index (χ4n) is 1.96. The highest BCUT2D eigenvalue weighted by atomic mass is 19.1. The van der Waals surface area contributed by atoms with Crippen LogP contribution in [0.25, 0.3) is 0 Å². The van der Waals surface area contributed by atoms with E-state index in [1.807, 2.05) is 13.8 Å². The predicted octanol–water partition coefficient (Wildman–Crippen LogP) is 2.23. The summed E-state index contributed by atoms with van der Waals surface area (Å²) in [5.41, 5.74) is 4.70. The number of benzene rings is 1. The van der Waals surface area contributed by atoms with E-state index >= 15 is 0 Å². The summed E-state index contributed by atoms with van der Waals surface area (Å²) >= 11 is 0. The lowest BCUT2D eigenvalue weighted by molar-refractivity contribution is -0.125. The fraction of sp³-hybridized carbons (Fsp3) is 0.429. The van der Waals surface area contributed by atoms with Crippen molar-refractivity contribution in [3.8, 4) is 0 Å². The van der Waals surface area contributed by atoms with Gasteiger partial charge in [-0.2, -0.15) is 0 Å². The highest BCUT2D eigenvalue weighted by molar-refractivity contribution is 5.96. The van der Waals surface area contributed by atoms with Crippen LogP contribution in [0.15, 0.2) is 18.2 Å². The van der Waals surface area contributed by atoms with E-state index in [-0.39, 0.29) is 23.7 Å². The maximum atomic E-state index is 13.8. The highest BCUT2D eigenvalue weighted by Crippen LogP contribution is 2.27. The van der Waals surface area contributed by atoms with Gasteiger partial charge in [-0.3, -0.25) is 4.79 Å². The van der Waals surface area contributed by atoms with Gasteiger partial charge in [0.1, 0.15) is 5.82 Å². The molecule has 0 radical (unpaired) electrons. The van der Waals surface area contributed by atoms with Crippen molar-refractivity contribution in [2.24, 2.45) is 11.1 Å². The molecule has 0 saturated carbocycles. The van der Waals surface area contributed by atoms with Crippen molar-refractivity contribution in [3.05, 3.63) is 29.6 Å².